The Morgan fingerprint density at radius 2 is 1.78 bits per heavy atom. The van der Waals surface area contributed by atoms with Crippen molar-refractivity contribution in [1.82, 2.24) is 5.01 Å². The number of aliphatic imine (C=N–C) groups is 1. The summed E-state index contributed by atoms with van der Waals surface area (Å²) >= 11 is 1.19. The summed E-state index contributed by atoms with van der Waals surface area (Å²) in [4.78, 5) is 29.6. The van der Waals surface area contributed by atoms with Gasteiger partial charge < -0.3 is 5.32 Å². The Morgan fingerprint density at radius 1 is 1.05 bits per heavy atom. The lowest BCUT2D eigenvalue weighted by molar-refractivity contribution is -0.121. The third-order valence-corrected chi connectivity index (χ3v) is 7.44. The van der Waals surface area contributed by atoms with Gasteiger partial charge >= 0.3 is 0 Å². The van der Waals surface area contributed by atoms with Crippen molar-refractivity contribution < 1.29 is 18.4 Å². The molecule has 0 aliphatic carbocycles. The second-order valence-corrected chi connectivity index (χ2v) is 10.3. The topological polar surface area (TPSA) is 74.1 Å². The molecule has 2 heterocycles. The van der Waals surface area contributed by atoms with Crippen LogP contribution in [0.5, 0.6) is 0 Å². The number of hydrogen-bond donors (Lipinski definition) is 1. The van der Waals surface area contributed by atoms with Crippen molar-refractivity contribution in [2.24, 2.45) is 10.1 Å². The smallest absolute Gasteiger partial charge is 0.262 e. The van der Waals surface area contributed by atoms with Gasteiger partial charge in [0.05, 0.1) is 11.8 Å². The van der Waals surface area contributed by atoms with Crippen LogP contribution in [0.15, 0.2) is 76.8 Å². The van der Waals surface area contributed by atoms with Crippen LogP contribution in [0.1, 0.15) is 41.1 Å². The molecule has 2 aliphatic rings. The zero-order valence-corrected chi connectivity index (χ0v) is 21.1. The first kappa shape index (κ1) is 24.8. The largest absolute Gasteiger partial charge is 0.326 e. The number of hydrogen-bond acceptors (Lipinski definition) is 5. The van der Waals surface area contributed by atoms with E-state index in [0.717, 1.165) is 22.4 Å². The molecular formula is C28H24F2N4O2S. The number of halogens is 2. The van der Waals surface area contributed by atoms with Crippen molar-refractivity contribution in [1.29, 1.82) is 0 Å². The number of carbonyl (C=O) groups excluding carboxylic acids is 2. The number of aryl methyl sites for hydroxylation is 2. The molecule has 0 bridgehead atoms. The number of nitrogens with zero attached hydrogens (tertiary/aromatic N) is 3. The number of anilines is 1. The highest BCUT2D eigenvalue weighted by Crippen LogP contribution is 2.38. The molecule has 2 amide bonds. The minimum absolute atomic E-state index is 0.108. The maximum Gasteiger partial charge on any atom is 0.262 e. The lowest BCUT2D eigenvalue weighted by Crippen LogP contribution is -2.25. The molecule has 188 valence electrons. The number of amidine groups is 1. The molecule has 2 aliphatic heterocycles. The first-order chi connectivity index (χ1) is 17.8. The van der Waals surface area contributed by atoms with E-state index < -0.39 is 22.9 Å². The van der Waals surface area contributed by atoms with Crippen LogP contribution in [-0.4, -0.2) is 33.0 Å². The van der Waals surface area contributed by atoms with Crippen molar-refractivity contribution in [3.63, 3.8) is 0 Å². The molecule has 0 spiro atoms. The summed E-state index contributed by atoms with van der Waals surface area (Å²) in [6.07, 6.45) is 0.441. The average Bonchev–Trinajstić information content (AvgIpc) is 3.46. The molecule has 2 atom stereocenters. The van der Waals surface area contributed by atoms with Crippen LogP contribution in [0, 0.1) is 25.5 Å². The van der Waals surface area contributed by atoms with Gasteiger partial charge in [0, 0.05) is 18.5 Å². The molecule has 37 heavy (non-hydrogen) atoms. The van der Waals surface area contributed by atoms with E-state index >= 15 is 0 Å². The Kier molecular flexibility index (Phi) is 6.88. The highest BCUT2D eigenvalue weighted by molar-refractivity contribution is 8.15. The van der Waals surface area contributed by atoms with Gasteiger partial charge in [-0.3, -0.25) is 9.59 Å². The lowest BCUT2D eigenvalue weighted by Gasteiger charge is -2.23. The minimum atomic E-state index is -0.714. The van der Waals surface area contributed by atoms with E-state index in [0.29, 0.717) is 22.8 Å². The fourth-order valence-electron chi connectivity index (χ4n) is 4.21. The van der Waals surface area contributed by atoms with Gasteiger partial charge in [-0.2, -0.15) is 10.1 Å². The maximum atomic E-state index is 13.8. The average molecular weight is 519 g/mol. The molecular weight excluding hydrogens is 494 g/mol. The van der Waals surface area contributed by atoms with Crippen LogP contribution in [0.3, 0.4) is 0 Å². The van der Waals surface area contributed by atoms with Crippen molar-refractivity contribution in [2.45, 2.75) is 38.0 Å². The van der Waals surface area contributed by atoms with Gasteiger partial charge in [0.2, 0.25) is 5.91 Å². The fraction of sp³-hybridized carbons (Fsp3) is 0.214. The summed E-state index contributed by atoms with van der Waals surface area (Å²) in [6, 6.07) is 18.4. The van der Waals surface area contributed by atoms with Crippen LogP contribution >= 0.6 is 11.8 Å². The first-order valence-corrected chi connectivity index (χ1v) is 12.7. The SMILES string of the molecule is Cc1ccc([C@H]2CC(c3ccc(F)cc3)=NN2C2=NC(=O)[C@H](CC(=O)Nc3ccc(C)c(F)c3)S2)cc1. The van der Waals surface area contributed by atoms with Crippen molar-refractivity contribution >= 4 is 40.1 Å². The van der Waals surface area contributed by atoms with Crippen LogP contribution < -0.4 is 5.32 Å². The zero-order chi connectivity index (χ0) is 26.1. The molecule has 0 saturated heterocycles. The van der Waals surface area contributed by atoms with Gasteiger partial charge in [0.25, 0.3) is 5.91 Å². The predicted molar refractivity (Wildman–Crippen MR) is 142 cm³/mol. The third kappa shape index (κ3) is 5.46. The van der Waals surface area contributed by atoms with Crippen molar-refractivity contribution in [3.8, 4) is 0 Å². The molecule has 0 radical (unpaired) electrons. The van der Waals surface area contributed by atoms with E-state index in [-0.39, 0.29) is 18.3 Å². The highest BCUT2D eigenvalue weighted by Gasteiger charge is 2.39. The Balaban J connectivity index is 1.34. The molecule has 0 unspecified atom stereocenters. The molecule has 9 heteroatoms. The number of rotatable bonds is 5. The van der Waals surface area contributed by atoms with E-state index in [4.69, 9.17) is 5.10 Å². The van der Waals surface area contributed by atoms with Gasteiger partial charge in [-0.1, -0.05) is 59.8 Å². The number of carbonyl (C=O) groups is 2. The van der Waals surface area contributed by atoms with Crippen LogP contribution in [-0.2, 0) is 9.59 Å². The van der Waals surface area contributed by atoms with E-state index in [1.54, 1.807) is 36.2 Å². The van der Waals surface area contributed by atoms with Crippen molar-refractivity contribution in [3.05, 3.63) is 101 Å². The Morgan fingerprint density at radius 3 is 2.49 bits per heavy atom. The standard InChI is InChI=1S/C28H24F2N4O2S/c1-16-3-6-19(7-4-16)24-14-23(18-8-10-20(29)11-9-18)33-34(24)28-32-27(36)25(37-28)15-26(35)31-21-12-5-17(2)22(30)13-21/h3-13,24-25H,14-15H2,1-2H3,(H,31,35)/t24-,25+/m1/s1. The zero-order valence-electron chi connectivity index (χ0n) is 20.2. The van der Waals surface area contributed by atoms with Crippen molar-refractivity contribution in [2.75, 3.05) is 5.32 Å². The molecule has 0 aromatic heterocycles. The van der Waals surface area contributed by atoms with Gasteiger partial charge in [-0.05, 0) is 54.8 Å². The van der Waals surface area contributed by atoms with E-state index in [2.05, 4.69) is 10.3 Å². The van der Waals surface area contributed by atoms with Crippen LogP contribution in [0.4, 0.5) is 14.5 Å². The number of hydrazone groups is 1. The molecule has 0 fully saturated rings. The monoisotopic (exact) mass is 518 g/mol. The van der Waals surface area contributed by atoms with E-state index in [1.807, 2.05) is 31.2 Å². The number of benzene rings is 3. The maximum absolute atomic E-state index is 13.8. The number of amides is 2. The normalized spacial score (nSPS) is 19.1. The van der Waals surface area contributed by atoms with Gasteiger partial charge in [0.1, 0.15) is 16.9 Å². The Bertz CT molecular complexity index is 1420. The van der Waals surface area contributed by atoms with Crippen LogP contribution in [0.25, 0.3) is 0 Å². The lowest BCUT2D eigenvalue weighted by atomic mass is 9.98. The Hall–Kier alpha value is -3.85. The Labute approximate surface area is 217 Å². The summed E-state index contributed by atoms with van der Waals surface area (Å²) in [6.45, 7) is 3.65. The van der Waals surface area contributed by atoms with Gasteiger partial charge in [0.15, 0.2) is 5.17 Å². The fourth-order valence-corrected chi connectivity index (χ4v) is 5.27. The van der Waals surface area contributed by atoms with Gasteiger partial charge in [-0.15, -0.1) is 0 Å². The molecule has 6 nitrogen and oxygen atoms in total. The molecule has 3 aromatic carbocycles. The molecule has 5 rings (SSSR count). The quantitative estimate of drug-likeness (QED) is 0.466. The summed E-state index contributed by atoms with van der Waals surface area (Å²) in [5.41, 5.74) is 4.48. The van der Waals surface area contributed by atoms with E-state index in [9.17, 15) is 18.4 Å². The molecule has 3 aromatic rings. The highest BCUT2D eigenvalue weighted by atomic mass is 32.2. The summed E-state index contributed by atoms with van der Waals surface area (Å²) in [7, 11) is 0. The summed E-state index contributed by atoms with van der Waals surface area (Å²) in [5.74, 6) is -1.57. The van der Waals surface area contributed by atoms with Gasteiger partial charge in [-0.25, -0.2) is 13.8 Å². The second kappa shape index (κ2) is 10.3. The number of thioether (sulfide) groups is 1. The third-order valence-electron chi connectivity index (χ3n) is 6.30. The predicted octanol–water partition coefficient (Wildman–Crippen LogP) is 5.76. The minimum Gasteiger partial charge on any atom is -0.326 e. The summed E-state index contributed by atoms with van der Waals surface area (Å²) in [5, 5.41) is 8.83. The summed E-state index contributed by atoms with van der Waals surface area (Å²) < 4.78 is 27.3. The molecule has 1 N–H and O–H groups in total. The molecule has 0 saturated carbocycles. The first-order valence-electron chi connectivity index (χ1n) is 11.8. The second-order valence-electron chi connectivity index (χ2n) is 9.08. The van der Waals surface area contributed by atoms with E-state index in [1.165, 1.54) is 30.0 Å². The van der Waals surface area contributed by atoms with Crippen LogP contribution in [0.2, 0.25) is 0 Å². The number of nitrogens with one attached hydrogen (secondary N) is 1.